The lowest BCUT2D eigenvalue weighted by molar-refractivity contribution is 0.0474. The maximum absolute atomic E-state index is 13.2. The molecule has 0 aliphatic carbocycles. The quantitative estimate of drug-likeness (QED) is 0.434. The summed E-state index contributed by atoms with van der Waals surface area (Å²) >= 11 is 1.53. The molecule has 0 saturated carbocycles. The first-order valence-electron chi connectivity index (χ1n) is 8.21. The van der Waals surface area contributed by atoms with Crippen LogP contribution >= 0.6 is 11.3 Å². The summed E-state index contributed by atoms with van der Waals surface area (Å²) in [5.74, 6) is -2.98. The van der Waals surface area contributed by atoms with Gasteiger partial charge < -0.3 is 9.47 Å². The molecule has 2 aromatic carbocycles. The molecule has 0 spiro atoms. The van der Waals surface area contributed by atoms with Crippen molar-refractivity contribution in [2.45, 2.75) is 13.5 Å². The molecule has 0 aliphatic heterocycles. The van der Waals surface area contributed by atoms with E-state index in [1.165, 1.54) is 23.5 Å². The Kier molecular flexibility index (Phi) is 6.10. The van der Waals surface area contributed by atoms with E-state index in [2.05, 4.69) is 4.98 Å². The zero-order valence-electron chi connectivity index (χ0n) is 14.8. The molecule has 0 atom stereocenters. The van der Waals surface area contributed by atoms with Gasteiger partial charge in [-0.05, 0) is 49.4 Å². The third-order valence-electron chi connectivity index (χ3n) is 3.72. The number of nitrogens with zero attached hydrogens (tertiary/aromatic N) is 1. The van der Waals surface area contributed by atoms with Gasteiger partial charge in [0.05, 0.1) is 16.3 Å². The number of aryl methyl sites for hydroxylation is 1. The largest absolute Gasteiger partial charge is 0.487 e. The maximum Gasteiger partial charge on any atom is 0.338 e. The summed E-state index contributed by atoms with van der Waals surface area (Å²) in [5.41, 5.74) is 0.976. The molecule has 0 saturated heterocycles. The van der Waals surface area contributed by atoms with E-state index >= 15 is 0 Å². The predicted octanol–water partition coefficient (Wildman–Crippen LogP) is 4.35. The normalized spacial score (nSPS) is 10.5. The predicted molar refractivity (Wildman–Crippen MR) is 98.6 cm³/mol. The lowest BCUT2D eigenvalue weighted by Crippen LogP contribution is -2.14. The van der Waals surface area contributed by atoms with Gasteiger partial charge in [0.15, 0.2) is 24.0 Å². The first-order chi connectivity index (χ1) is 13.4. The second-order valence-corrected chi connectivity index (χ2v) is 6.86. The number of thiazole rings is 1. The number of ketones is 1. The number of esters is 1. The number of Topliss-reactive ketones (excluding diaryl/α,β-unsaturated/α-hetero) is 1. The Morgan fingerprint density at radius 1 is 1.04 bits per heavy atom. The Morgan fingerprint density at radius 3 is 2.39 bits per heavy atom. The molecule has 3 aromatic rings. The molecule has 144 valence electrons. The zero-order valence-corrected chi connectivity index (χ0v) is 15.6. The highest BCUT2D eigenvalue weighted by molar-refractivity contribution is 7.09. The Bertz CT molecular complexity index is 1000. The van der Waals surface area contributed by atoms with Crippen LogP contribution < -0.4 is 4.74 Å². The molecule has 1 aromatic heterocycles. The van der Waals surface area contributed by atoms with E-state index in [0.29, 0.717) is 12.4 Å². The van der Waals surface area contributed by atoms with E-state index in [1.54, 1.807) is 12.1 Å². The summed E-state index contributed by atoms with van der Waals surface area (Å²) in [6.07, 6.45) is 0. The van der Waals surface area contributed by atoms with Crippen molar-refractivity contribution in [1.82, 2.24) is 4.98 Å². The lowest BCUT2D eigenvalue weighted by atomic mass is 10.1. The van der Waals surface area contributed by atoms with Crippen molar-refractivity contribution in [1.29, 1.82) is 0 Å². The molecule has 28 heavy (non-hydrogen) atoms. The van der Waals surface area contributed by atoms with E-state index in [0.717, 1.165) is 28.9 Å². The van der Waals surface area contributed by atoms with Crippen molar-refractivity contribution in [3.63, 3.8) is 0 Å². The number of hydrogen-bond acceptors (Lipinski definition) is 6. The molecular formula is C20H15F2NO4S. The molecular weight excluding hydrogens is 388 g/mol. The molecule has 3 rings (SSSR count). The molecule has 8 heteroatoms. The van der Waals surface area contributed by atoms with Crippen LogP contribution in [0.2, 0.25) is 0 Å². The number of carbonyl (C=O) groups excluding carboxylic acids is 2. The second-order valence-electron chi connectivity index (χ2n) is 5.80. The van der Waals surface area contributed by atoms with Gasteiger partial charge in [-0.3, -0.25) is 4.79 Å². The number of benzene rings is 2. The summed E-state index contributed by atoms with van der Waals surface area (Å²) in [7, 11) is 0. The van der Waals surface area contributed by atoms with Crippen molar-refractivity contribution < 1.29 is 27.8 Å². The highest BCUT2D eigenvalue weighted by atomic mass is 32.1. The van der Waals surface area contributed by atoms with Gasteiger partial charge in [-0.1, -0.05) is 0 Å². The minimum atomic E-state index is -1.14. The van der Waals surface area contributed by atoms with E-state index in [9.17, 15) is 18.4 Å². The van der Waals surface area contributed by atoms with Gasteiger partial charge in [-0.2, -0.15) is 0 Å². The number of aromatic nitrogens is 1. The van der Waals surface area contributed by atoms with Crippen LogP contribution in [-0.2, 0) is 11.3 Å². The fraction of sp³-hybridized carbons (Fsp3) is 0.150. The van der Waals surface area contributed by atoms with E-state index in [4.69, 9.17) is 9.47 Å². The standard InChI is InChI=1S/C20H15F2NO4S/c1-12-23-15(11-28-12)9-26-16-5-2-13(3-6-16)20(25)27-10-19(24)14-4-7-17(21)18(22)8-14/h2-8,11H,9-10H2,1H3. The van der Waals surface area contributed by atoms with Gasteiger partial charge in [0.1, 0.15) is 12.4 Å². The van der Waals surface area contributed by atoms with E-state index < -0.39 is 30.0 Å². The third-order valence-corrected chi connectivity index (χ3v) is 4.54. The monoisotopic (exact) mass is 403 g/mol. The fourth-order valence-corrected chi connectivity index (χ4v) is 2.88. The van der Waals surface area contributed by atoms with E-state index in [-0.39, 0.29) is 11.1 Å². The van der Waals surface area contributed by atoms with Gasteiger partial charge in [-0.15, -0.1) is 11.3 Å². The molecule has 5 nitrogen and oxygen atoms in total. The van der Waals surface area contributed by atoms with Crippen molar-refractivity contribution in [3.05, 3.63) is 81.3 Å². The van der Waals surface area contributed by atoms with Gasteiger partial charge in [0.25, 0.3) is 0 Å². The van der Waals surface area contributed by atoms with Crippen molar-refractivity contribution >= 4 is 23.1 Å². The van der Waals surface area contributed by atoms with Crippen LogP contribution in [0.5, 0.6) is 5.75 Å². The lowest BCUT2D eigenvalue weighted by Gasteiger charge is -2.07. The fourth-order valence-electron chi connectivity index (χ4n) is 2.29. The first kappa shape index (κ1) is 19.6. The molecule has 0 aliphatic rings. The number of halogens is 2. The van der Waals surface area contributed by atoms with Crippen LogP contribution in [0.4, 0.5) is 8.78 Å². The molecule has 0 bridgehead atoms. The third kappa shape index (κ3) is 4.98. The Morgan fingerprint density at radius 2 is 1.75 bits per heavy atom. The summed E-state index contributed by atoms with van der Waals surface area (Å²) in [4.78, 5) is 28.3. The summed E-state index contributed by atoms with van der Waals surface area (Å²) in [6.45, 7) is 1.65. The van der Waals surface area contributed by atoms with Crippen LogP contribution in [0, 0.1) is 18.6 Å². The van der Waals surface area contributed by atoms with Crippen LogP contribution in [0.1, 0.15) is 31.4 Å². The Labute approximate surface area is 163 Å². The van der Waals surface area contributed by atoms with Gasteiger partial charge >= 0.3 is 5.97 Å². The van der Waals surface area contributed by atoms with E-state index in [1.807, 2.05) is 12.3 Å². The molecule has 0 N–H and O–H groups in total. The molecule has 0 radical (unpaired) electrons. The van der Waals surface area contributed by atoms with Gasteiger partial charge in [0, 0.05) is 10.9 Å². The van der Waals surface area contributed by atoms with Gasteiger partial charge in [0.2, 0.25) is 0 Å². The van der Waals surface area contributed by atoms with Crippen molar-refractivity contribution in [3.8, 4) is 5.75 Å². The average Bonchev–Trinajstić information content (AvgIpc) is 3.12. The molecule has 0 amide bonds. The van der Waals surface area contributed by atoms with Crippen LogP contribution in [0.25, 0.3) is 0 Å². The first-order valence-corrected chi connectivity index (χ1v) is 9.09. The molecule has 1 heterocycles. The average molecular weight is 403 g/mol. The Hall–Kier alpha value is -3.13. The van der Waals surface area contributed by atoms with Gasteiger partial charge in [-0.25, -0.2) is 18.6 Å². The van der Waals surface area contributed by atoms with Crippen molar-refractivity contribution in [2.75, 3.05) is 6.61 Å². The molecule has 0 fully saturated rings. The second kappa shape index (κ2) is 8.71. The zero-order chi connectivity index (χ0) is 20.1. The minimum absolute atomic E-state index is 0.0762. The summed E-state index contributed by atoms with van der Waals surface area (Å²) < 4.78 is 36.6. The van der Waals surface area contributed by atoms with Crippen LogP contribution in [-0.4, -0.2) is 23.3 Å². The highest BCUT2D eigenvalue weighted by Gasteiger charge is 2.14. The molecule has 0 unspecified atom stereocenters. The number of rotatable bonds is 7. The Balaban J connectivity index is 1.52. The maximum atomic E-state index is 13.2. The van der Waals surface area contributed by atoms with Crippen LogP contribution in [0.15, 0.2) is 47.8 Å². The SMILES string of the molecule is Cc1nc(COc2ccc(C(=O)OCC(=O)c3ccc(F)c(F)c3)cc2)cs1. The number of hydrogen-bond donors (Lipinski definition) is 0. The summed E-state index contributed by atoms with van der Waals surface area (Å²) in [6, 6.07) is 8.96. The highest BCUT2D eigenvalue weighted by Crippen LogP contribution is 2.16. The summed E-state index contributed by atoms with van der Waals surface area (Å²) in [5, 5.41) is 2.86. The van der Waals surface area contributed by atoms with Crippen LogP contribution in [0.3, 0.4) is 0 Å². The smallest absolute Gasteiger partial charge is 0.338 e. The number of carbonyl (C=O) groups is 2. The minimum Gasteiger partial charge on any atom is -0.487 e. The number of ether oxygens (including phenoxy) is 2. The van der Waals surface area contributed by atoms with Crippen molar-refractivity contribution in [2.24, 2.45) is 0 Å². The topological polar surface area (TPSA) is 65.5 Å².